The molecule has 0 aliphatic heterocycles. The number of hydrogen-bond acceptors (Lipinski definition) is 5. The molecule has 2 amide bonds. The Morgan fingerprint density at radius 2 is 1.92 bits per heavy atom. The Bertz CT molecular complexity index is 725. The lowest BCUT2D eigenvalue weighted by Gasteiger charge is -2.25. The van der Waals surface area contributed by atoms with Gasteiger partial charge in [-0.2, -0.15) is 0 Å². The number of carboxylic acids is 1. The number of carbonyl (C=O) groups excluding carboxylic acids is 2. The lowest BCUT2D eigenvalue weighted by atomic mass is 9.98. The molecule has 0 atom stereocenters. The molecule has 0 unspecified atom stereocenters. The lowest BCUT2D eigenvalue weighted by Crippen LogP contribution is -2.54. The number of aliphatic carboxylic acids is 1. The highest BCUT2D eigenvalue weighted by Crippen LogP contribution is 2.29. The minimum absolute atomic E-state index is 0.0982. The second-order valence-electron chi connectivity index (χ2n) is 6.08. The smallest absolute Gasteiger partial charge is 0.329 e. The molecule has 0 radical (unpaired) electrons. The summed E-state index contributed by atoms with van der Waals surface area (Å²) in [5.74, 6) is -2.23. The first-order valence-corrected chi connectivity index (χ1v) is 7.83. The molecule has 0 bridgehead atoms. The zero-order valence-electron chi connectivity index (χ0n) is 13.7. The summed E-state index contributed by atoms with van der Waals surface area (Å²) in [6, 6.07) is 3.89. The molecule has 2 rings (SSSR count). The van der Waals surface area contributed by atoms with E-state index >= 15 is 0 Å². The molecule has 9 nitrogen and oxygen atoms in total. The van der Waals surface area contributed by atoms with Crippen molar-refractivity contribution in [1.82, 2.24) is 10.6 Å². The maximum atomic E-state index is 12.1. The van der Waals surface area contributed by atoms with Crippen LogP contribution < -0.4 is 10.6 Å². The quantitative estimate of drug-likeness (QED) is 0.520. The fraction of sp³-hybridized carbons (Fsp3) is 0.438. The van der Waals surface area contributed by atoms with Crippen LogP contribution in [0.3, 0.4) is 0 Å². The molecule has 0 heterocycles. The number of nitro groups is 1. The van der Waals surface area contributed by atoms with Gasteiger partial charge in [0.15, 0.2) is 0 Å². The van der Waals surface area contributed by atoms with Crippen LogP contribution in [0.15, 0.2) is 18.2 Å². The molecule has 1 aliphatic carbocycles. The second-order valence-corrected chi connectivity index (χ2v) is 6.08. The highest BCUT2D eigenvalue weighted by atomic mass is 16.6. The first-order chi connectivity index (χ1) is 11.7. The van der Waals surface area contributed by atoms with Crippen molar-refractivity contribution < 1.29 is 24.4 Å². The van der Waals surface area contributed by atoms with Gasteiger partial charge < -0.3 is 15.7 Å². The number of nitro benzene ring substituents is 1. The summed E-state index contributed by atoms with van der Waals surface area (Å²) in [5.41, 5.74) is -0.840. The van der Waals surface area contributed by atoms with Crippen molar-refractivity contribution in [1.29, 1.82) is 0 Å². The summed E-state index contributed by atoms with van der Waals surface area (Å²) < 4.78 is 0. The van der Waals surface area contributed by atoms with Gasteiger partial charge in [0.25, 0.3) is 11.6 Å². The van der Waals surface area contributed by atoms with Gasteiger partial charge in [0.2, 0.25) is 5.91 Å². The number of benzene rings is 1. The molecule has 0 spiro atoms. The molecule has 1 saturated carbocycles. The van der Waals surface area contributed by atoms with E-state index in [4.69, 9.17) is 0 Å². The van der Waals surface area contributed by atoms with Crippen LogP contribution in [0.2, 0.25) is 0 Å². The number of nitrogens with zero attached hydrogens (tertiary/aromatic N) is 1. The summed E-state index contributed by atoms with van der Waals surface area (Å²) in [4.78, 5) is 45.6. The van der Waals surface area contributed by atoms with Crippen molar-refractivity contribution in [3.05, 3.63) is 39.4 Å². The van der Waals surface area contributed by atoms with E-state index in [2.05, 4.69) is 10.6 Å². The first-order valence-electron chi connectivity index (χ1n) is 7.83. The Balaban J connectivity index is 1.95. The molecule has 134 valence electrons. The van der Waals surface area contributed by atoms with Crippen molar-refractivity contribution in [3.63, 3.8) is 0 Å². The summed E-state index contributed by atoms with van der Waals surface area (Å²) >= 11 is 0. The van der Waals surface area contributed by atoms with Gasteiger partial charge in [-0.05, 0) is 31.9 Å². The third kappa shape index (κ3) is 4.11. The average Bonchev–Trinajstić information content (AvgIpc) is 3.02. The fourth-order valence-corrected chi connectivity index (χ4v) is 2.95. The number of aryl methyl sites for hydroxylation is 1. The number of amides is 2. The van der Waals surface area contributed by atoms with Crippen molar-refractivity contribution in [2.45, 2.75) is 38.1 Å². The third-order valence-electron chi connectivity index (χ3n) is 4.31. The topological polar surface area (TPSA) is 139 Å². The molecule has 0 aromatic heterocycles. The molecule has 1 fully saturated rings. The Kier molecular flexibility index (Phi) is 5.35. The lowest BCUT2D eigenvalue weighted by molar-refractivity contribution is -0.385. The van der Waals surface area contributed by atoms with E-state index in [9.17, 15) is 29.6 Å². The summed E-state index contributed by atoms with van der Waals surface area (Å²) in [6.07, 6.45) is 2.18. The second kappa shape index (κ2) is 7.29. The largest absolute Gasteiger partial charge is 0.480 e. The summed E-state index contributed by atoms with van der Waals surface area (Å²) in [7, 11) is 0. The Hall–Kier alpha value is -2.97. The number of carbonyl (C=O) groups is 3. The van der Waals surface area contributed by atoms with Gasteiger partial charge in [0.05, 0.1) is 11.5 Å². The Morgan fingerprint density at radius 1 is 1.28 bits per heavy atom. The molecule has 25 heavy (non-hydrogen) atoms. The zero-order valence-corrected chi connectivity index (χ0v) is 13.7. The summed E-state index contributed by atoms with van der Waals surface area (Å²) in [6.45, 7) is 1.14. The molecule has 9 heteroatoms. The maximum Gasteiger partial charge on any atom is 0.329 e. The molecular formula is C16H19N3O6. The van der Waals surface area contributed by atoms with Gasteiger partial charge in [-0.15, -0.1) is 0 Å². The molecule has 0 saturated heterocycles. The number of hydrogen-bond donors (Lipinski definition) is 3. The molecule has 1 aromatic rings. The van der Waals surface area contributed by atoms with Gasteiger partial charge in [0.1, 0.15) is 5.54 Å². The van der Waals surface area contributed by atoms with E-state index in [1.165, 1.54) is 25.1 Å². The van der Waals surface area contributed by atoms with Crippen LogP contribution in [0.4, 0.5) is 5.69 Å². The van der Waals surface area contributed by atoms with Gasteiger partial charge in [-0.3, -0.25) is 19.7 Å². The standard InChI is InChI=1S/C16H19N3O6/c1-10-8-11(4-5-12(10)19(24)25)14(21)17-9-13(20)18-16(15(22)23)6-2-3-7-16/h4-5,8H,2-3,6-7,9H2,1H3,(H,17,21)(H,18,20)(H,22,23). The van der Waals surface area contributed by atoms with E-state index in [0.29, 0.717) is 18.4 Å². The van der Waals surface area contributed by atoms with Gasteiger partial charge in [-0.25, -0.2) is 4.79 Å². The SMILES string of the molecule is Cc1cc(C(=O)NCC(=O)NC2(C(=O)O)CCCC2)ccc1[N+](=O)[O-]. The van der Waals surface area contributed by atoms with Crippen LogP contribution in [-0.4, -0.2) is 39.9 Å². The van der Waals surface area contributed by atoms with Crippen LogP contribution in [-0.2, 0) is 9.59 Å². The van der Waals surface area contributed by atoms with Gasteiger partial charge in [-0.1, -0.05) is 12.8 Å². The van der Waals surface area contributed by atoms with E-state index in [0.717, 1.165) is 12.8 Å². The van der Waals surface area contributed by atoms with Crippen molar-refractivity contribution in [2.75, 3.05) is 6.54 Å². The fourth-order valence-electron chi connectivity index (χ4n) is 2.95. The van der Waals surface area contributed by atoms with Crippen LogP contribution in [0.1, 0.15) is 41.6 Å². The van der Waals surface area contributed by atoms with Gasteiger partial charge in [0, 0.05) is 17.2 Å². The number of nitrogens with one attached hydrogen (secondary N) is 2. The molecular weight excluding hydrogens is 330 g/mol. The third-order valence-corrected chi connectivity index (χ3v) is 4.31. The van der Waals surface area contributed by atoms with Crippen LogP contribution >= 0.6 is 0 Å². The van der Waals surface area contributed by atoms with Gasteiger partial charge >= 0.3 is 5.97 Å². The maximum absolute atomic E-state index is 12.1. The highest BCUT2D eigenvalue weighted by Gasteiger charge is 2.42. The van der Waals surface area contributed by atoms with E-state index in [1.54, 1.807) is 0 Å². The Labute approximate surface area is 143 Å². The predicted molar refractivity (Wildman–Crippen MR) is 87.1 cm³/mol. The van der Waals surface area contributed by atoms with Crippen LogP contribution in [0.25, 0.3) is 0 Å². The van der Waals surface area contributed by atoms with Crippen molar-refractivity contribution in [3.8, 4) is 0 Å². The van der Waals surface area contributed by atoms with Crippen LogP contribution in [0, 0.1) is 17.0 Å². The van der Waals surface area contributed by atoms with E-state index in [-0.39, 0.29) is 17.8 Å². The predicted octanol–water partition coefficient (Wildman–Crippen LogP) is 1.15. The highest BCUT2D eigenvalue weighted by molar-refractivity contribution is 5.97. The normalized spacial score (nSPS) is 15.4. The number of carboxylic acid groups (broad SMARTS) is 1. The first kappa shape index (κ1) is 18.4. The summed E-state index contributed by atoms with van der Waals surface area (Å²) in [5, 5.41) is 25.0. The molecule has 3 N–H and O–H groups in total. The molecule has 1 aromatic carbocycles. The monoisotopic (exact) mass is 349 g/mol. The van der Waals surface area contributed by atoms with E-state index < -0.39 is 28.2 Å². The van der Waals surface area contributed by atoms with E-state index in [1.807, 2.05) is 0 Å². The zero-order chi connectivity index (χ0) is 18.6. The molecule has 1 aliphatic rings. The minimum atomic E-state index is -1.26. The van der Waals surface area contributed by atoms with Crippen molar-refractivity contribution in [2.24, 2.45) is 0 Å². The average molecular weight is 349 g/mol. The minimum Gasteiger partial charge on any atom is -0.480 e. The van der Waals surface area contributed by atoms with Crippen molar-refractivity contribution >= 4 is 23.5 Å². The Morgan fingerprint density at radius 3 is 2.44 bits per heavy atom. The van der Waals surface area contributed by atoms with Crippen LogP contribution in [0.5, 0.6) is 0 Å². The number of rotatable bonds is 6.